The fourth-order valence-electron chi connectivity index (χ4n) is 0.320. The summed E-state index contributed by atoms with van der Waals surface area (Å²) < 4.78 is 0. The van der Waals surface area contributed by atoms with Gasteiger partial charge in [-0.15, -0.1) is 0 Å². The van der Waals surface area contributed by atoms with Gasteiger partial charge in [-0.1, -0.05) is 0 Å². The molecule has 46 valence electrons. The van der Waals surface area contributed by atoms with Crippen LogP contribution in [0.15, 0.2) is 15.3 Å². The third kappa shape index (κ3) is 5.20. The van der Waals surface area contributed by atoms with Gasteiger partial charge in [-0.05, 0) is 6.42 Å². The Morgan fingerprint density at radius 3 is 2.62 bits per heavy atom. The minimum Gasteiger partial charge on any atom is -0.210 e. The van der Waals surface area contributed by atoms with Crippen molar-refractivity contribution in [1.29, 1.82) is 5.53 Å². The van der Waals surface area contributed by atoms with E-state index < -0.39 is 0 Å². The van der Waals surface area contributed by atoms with Crippen molar-refractivity contribution in [1.82, 2.24) is 0 Å². The summed E-state index contributed by atoms with van der Waals surface area (Å²) in [4.78, 5) is 0. The second kappa shape index (κ2) is 6.20. The van der Waals surface area contributed by atoms with Crippen molar-refractivity contribution < 1.29 is 0 Å². The van der Waals surface area contributed by atoms with Crippen LogP contribution in [0.1, 0.15) is 6.42 Å². The van der Waals surface area contributed by atoms with Gasteiger partial charge in [0.05, 0.1) is 13.1 Å². The van der Waals surface area contributed by atoms with Gasteiger partial charge in [0.2, 0.25) is 0 Å². The molecule has 8 heavy (non-hydrogen) atoms. The Morgan fingerprint density at radius 1 is 1.38 bits per heavy atom. The van der Waals surface area contributed by atoms with E-state index in [9.17, 15) is 0 Å². The van der Waals surface area contributed by atoms with Crippen LogP contribution >= 0.6 is 0 Å². The minimum atomic E-state index is 0.568. The highest BCUT2D eigenvalue weighted by atomic mass is 15.1. The Hall–Kier alpha value is -0.800. The van der Waals surface area contributed by atoms with E-state index in [4.69, 9.17) is 5.53 Å². The molecule has 0 atom stereocenters. The Bertz CT molecular complexity index is 78.1. The number of nitrogens with one attached hydrogen (secondary N) is 1. The zero-order chi connectivity index (χ0) is 6.24. The zero-order valence-electron chi connectivity index (χ0n) is 4.96. The van der Waals surface area contributed by atoms with Gasteiger partial charge >= 0.3 is 0 Å². The van der Waals surface area contributed by atoms with E-state index in [-0.39, 0.29) is 0 Å². The largest absolute Gasteiger partial charge is 0.210 e. The number of hydrogen-bond acceptors (Lipinski definition) is 4. The van der Waals surface area contributed by atoms with Gasteiger partial charge in [-0.25, -0.2) is 5.53 Å². The van der Waals surface area contributed by atoms with Crippen molar-refractivity contribution in [3.63, 3.8) is 0 Å². The number of azo groups is 1. The molecule has 0 saturated heterocycles. The SMILES string of the molecule is CN=NCCCN=N. The van der Waals surface area contributed by atoms with Crippen LogP contribution in [0.4, 0.5) is 0 Å². The van der Waals surface area contributed by atoms with Crippen molar-refractivity contribution in [2.24, 2.45) is 15.3 Å². The van der Waals surface area contributed by atoms with E-state index in [1.807, 2.05) is 0 Å². The molecule has 1 N–H and O–H groups in total. The topological polar surface area (TPSA) is 60.9 Å². The molecule has 0 aliphatic heterocycles. The van der Waals surface area contributed by atoms with Crippen molar-refractivity contribution in [2.45, 2.75) is 6.42 Å². The van der Waals surface area contributed by atoms with Gasteiger partial charge in [-0.2, -0.15) is 15.3 Å². The molecule has 0 aliphatic carbocycles. The molecule has 0 heterocycles. The molecule has 4 nitrogen and oxygen atoms in total. The molecule has 0 aromatic rings. The lowest BCUT2D eigenvalue weighted by Gasteiger charge is -1.83. The molecule has 0 saturated carbocycles. The van der Waals surface area contributed by atoms with E-state index in [0.29, 0.717) is 13.1 Å². The molecule has 0 fully saturated rings. The summed E-state index contributed by atoms with van der Waals surface area (Å²) in [5.41, 5.74) is 6.39. The predicted octanol–water partition coefficient (Wildman–Crippen LogP) is 1.49. The molecule has 4 heteroatoms. The van der Waals surface area contributed by atoms with Crippen LogP contribution in [0.5, 0.6) is 0 Å². The molecular formula is C4H10N4. The summed E-state index contributed by atoms with van der Waals surface area (Å²) in [6.07, 6.45) is 0.834. The lowest BCUT2D eigenvalue weighted by molar-refractivity contribution is 0.766. The summed E-state index contributed by atoms with van der Waals surface area (Å²) in [5, 5.41) is 10.4. The summed E-state index contributed by atoms with van der Waals surface area (Å²) in [6, 6.07) is 0. The fourth-order valence-corrected chi connectivity index (χ4v) is 0.320. The Kier molecular flexibility index (Phi) is 5.58. The van der Waals surface area contributed by atoms with Crippen LogP contribution in [0.3, 0.4) is 0 Å². The van der Waals surface area contributed by atoms with E-state index in [2.05, 4.69) is 15.3 Å². The van der Waals surface area contributed by atoms with Gasteiger partial charge in [0, 0.05) is 7.05 Å². The lowest BCUT2D eigenvalue weighted by Crippen LogP contribution is -1.82. The van der Waals surface area contributed by atoms with E-state index in [1.54, 1.807) is 7.05 Å². The molecule has 0 radical (unpaired) electrons. The molecular weight excluding hydrogens is 104 g/mol. The summed E-state index contributed by atoms with van der Waals surface area (Å²) in [7, 11) is 1.64. The monoisotopic (exact) mass is 114 g/mol. The summed E-state index contributed by atoms with van der Waals surface area (Å²) in [6.45, 7) is 1.26. The first-order chi connectivity index (χ1) is 3.91. The summed E-state index contributed by atoms with van der Waals surface area (Å²) >= 11 is 0. The molecule has 0 bridgehead atoms. The van der Waals surface area contributed by atoms with Crippen molar-refractivity contribution in [3.8, 4) is 0 Å². The second-order valence-corrected chi connectivity index (χ2v) is 1.30. The van der Waals surface area contributed by atoms with Crippen LogP contribution < -0.4 is 0 Å². The lowest BCUT2D eigenvalue weighted by atomic mass is 10.4. The van der Waals surface area contributed by atoms with Crippen LogP contribution in [-0.2, 0) is 0 Å². The molecule has 0 spiro atoms. The third-order valence-electron chi connectivity index (χ3n) is 0.669. The predicted molar refractivity (Wildman–Crippen MR) is 30.3 cm³/mol. The maximum Gasteiger partial charge on any atom is 0.0617 e. The van der Waals surface area contributed by atoms with E-state index >= 15 is 0 Å². The standard InChI is InChI=1S/C4H10N4/c1-6-8-4-2-3-7-5/h5H,2-4H2,1H3. The molecule has 0 aromatic heterocycles. The van der Waals surface area contributed by atoms with Crippen molar-refractivity contribution in [2.75, 3.05) is 20.1 Å². The first-order valence-corrected chi connectivity index (χ1v) is 2.50. The molecule has 0 aliphatic rings. The Balaban J connectivity index is 2.82. The maximum absolute atomic E-state index is 6.39. The number of hydrogen-bond donors (Lipinski definition) is 1. The molecule has 0 rings (SSSR count). The molecule has 0 amide bonds. The number of nitrogens with zero attached hydrogens (tertiary/aromatic N) is 3. The fraction of sp³-hybridized carbons (Fsp3) is 1.00. The van der Waals surface area contributed by atoms with Crippen molar-refractivity contribution in [3.05, 3.63) is 0 Å². The highest BCUT2D eigenvalue weighted by Crippen LogP contribution is 1.81. The smallest absolute Gasteiger partial charge is 0.0617 e. The first kappa shape index (κ1) is 7.20. The minimum absolute atomic E-state index is 0.568. The highest BCUT2D eigenvalue weighted by Gasteiger charge is 1.78. The average Bonchev–Trinajstić information content (AvgIpc) is 1.81. The Morgan fingerprint density at radius 2 is 2.12 bits per heavy atom. The second-order valence-electron chi connectivity index (χ2n) is 1.30. The van der Waals surface area contributed by atoms with E-state index in [0.717, 1.165) is 6.42 Å². The van der Waals surface area contributed by atoms with Crippen LogP contribution in [0, 0.1) is 5.53 Å². The van der Waals surface area contributed by atoms with Crippen LogP contribution in [0.2, 0.25) is 0 Å². The first-order valence-electron chi connectivity index (χ1n) is 2.50. The van der Waals surface area contributed by atoms with Crippen LogP contribution in [0.25, 0.3) is 0 Å². The van der Waals surface area contributed by atoms with Gasteiger partial charge < -0.3 is 0 Å². The third-order valence-corrected chi connectivity index (χ3v) is 0.669. The van der Waals surface area contributed by atoms with Crippen molar-refractivity contribution >= 4 is 0 Å². The van der Waals surface area contributed by atoms with E-state index in [1.165, 1.54) is 0 Å². The molecule has 0 unspecified atom stereocenters. The average molecular weight is 114 g/mol. The molecule has 0 aromatic carbocycles. The summed E-state index contributed by atoms with van der Waals surface area (Å²) in [5.74, 6) is 0. The number of rotatable bonds is 4. The quantitative estimate of drug-likeness (QED) is 0.425. The van der Waals surface area contributed by atoms with Gasteiger partial charge in [-0.3, -0.25) is 0 Å². The van der Waals surface area contributed by atoms with Gasteiger partial charge in [0.15, 0.2) is 0 Å². The zero-order valence-corrected chi connectivity index (χ0v) is 4.96. The maximum atomic E-state index is 6.39. The van der Waals surface area contributed by atoms with Crippen LogP contribution in [-0.4, -0.2) is 20.1 Å². The highest BCUT2D eigenvalue weighted by molar-refractivity contribution is 4.40. The normalized spacial score (nSPS) is 10.1. The van der Waals surface area contributed by atoms with Gasteiger partial charge in [0.1, 0.15) is 0 Å². The Labute approximate surface area is 48.5 Å². The van der Waals surface area contributed by atoms with Gasteiger partial charge in [0.25, 0.3) is 0 Å².